The Morgan fingerprint density at radius 1 is 1.15 bits per heavy atom. The summed E-state index contributed by atoms with van der Waals surface area (Å²) < 4.78 is 0. The Hall–Kier alpha value is -0.280. The predicted octanol–water partition coefficient (Wildman–Crippen LogP) is 3.90. The molecule has 3 rings (SSSR count). The lowest BCUT2D eigenvalue weighted by Crippen LogP contribution is -2.52. The smallest absolute Gasteiger partial charge is 0.0679 e. The van der Waals surface area contributed by atoms with Gasteiger partial charge in [0.25, 0.3) is 0 Å². The molecule has 110 valence electrons. The molecule has 0 heterocycles. The van der Waals surface area contributed by atoms with Gasteiger partial charge in [-0.2, -0.15) is 0 Å². The van der Waals surface area contributed by atoms with Crippen molar-refractivity contribution in [3.63, 3.8) is 0 Å². The molecule has 3 atom stereocenters. The summed E-state index contributed by atoms with van der Waals surface area (Å²) in [5, 5.41) is 12.1. The summed E-state index contributed by atoms with van der Waals surface area (Å²) in [6.07, 6.45) is 5.99. The first-order chi connectivity index (χ1) is 9.54. The number of aliphatic hydroxyl groups excluding tert-OH is 1. The second-order valence-corrected chi connectivity index (χ2v) is 7.16. The molecule has 0 aromatic heterocycles. The van der Waals surface area contributed by atoms with Gasteiger partial charge in [0.15, 0.2) is 0 Å². The van der Waals surface area contributed by atoms with Gasteiger partial charge in [-0.3, -0.25) is 0 Å². The fraction of sp³-hybridized carbons (Fsp3) is 0.625. The van der Waals surface area contributed by atoms with Crippen LogP contribution in [-0.4, -0.2) is 17.3 Å². The van der Waals surface area contributed by atoms with Gasteiger partial charge in [-0.1, -0.05) is 42.1 Å². The molecule has 0 spiro atoms. The highest BCUT2D eigenvalue weighted by Gasteiger charge is 2.49. The third-order valence-electron chi connectivity index (χ3n) is 5.34. The zero-order valence-electron chi connectivity index (χ0n) is 11.5. The average Bonchev–Trinajstić information content (AvgIpc) is 2.78. The second-order valence-electron chi connectivity index (χ2n) is 6.34. The summed E-state index contributed by atoms with van der Waals surface area (Å²) in [5.41, 5.74) is 7.13. The molecule has 0 amide bonds. The first-order valence-electron chi connectivity index (χ1n) is 7.44. The quantitative estimate of drug-likeness (QED) is 0.889. The summed E-state index contributed by atoms with van der Waals surface area (Å²) in [4.78, 5) is 0. The van der Waals surface area contributed by atoms with Gasteiger partial charge in [-0.25, -0.2) is 0 Å². The van der Waals surface area contributed by atoms with E-state index in [1.807, 2.05) is 18.2 Å². The van der Waals surface area contributed by atoms with E-state index in [9.17, 15) is 5.11 Å². The highest BCUT2D eigenvalue weighted by Crippen LogP contribution is 2.51. The number of rotatable bonds is 3. The molecule has 2 fully saturated rings. The van der Waals surface area contributed by atoms with Gasteiger partial charge in [0.2, 0.25) is 0 Å². The summed E-state index contributed by atoms with van der Waals surface area (Å²) in [6, 6.07) is 5.90. The van der Waals surface area contributed by atoms with Crippen LogP contribution in [0, 0.1) is 5.92 Å². The van der Waals surface area contributed by atoms with E-state index in [1.54, 1.807) is 0 Å². The van der Waals surface area contributed by atoms with Crippen LogP contribution in [0.1, 0.15) is 44.1 Å². The van der Waals surface area contributed by atoms with E-state index in [4.69, 9.17) is 28.9 Å². The van der Waals surface area contributed by atoms with Gasteiger partial charge in [0.05, 0.1) is 16.1 Å². The molecule has 0 saturated heterocycles. The lowest BCUT2D eigenvalue weighted by atomic mass is 9.58. The van der Waals surface area contributed by atoms with Crippen molar-refractivity contribution in [3.05, 3.63) is 33.8 Å². The van der Waals surface area contributed by atoms with Gasteiger partial charge in [-0.15, -0.1) is 0 Å². The summed E-state index contributed by atoms with van der Waals surface area (Å²) >= 11 is 12.2. The van der Waals surface area contributed by atoms with Crippen molar-refractivity contribution in [3.8, 4) is 0 Å². The van der Waals surface area contributed by atoms with Crippen molar-refractivity contribution in [1.82, 2.24) is 0 Å². The van der Waals surface area contributed by atoms with Crippen LogP contribution in [-0.2, 0) is 5.41 Å². The molecule has 1 aromatic rings. The first-order valence-corrected chi connectivity index (χ1v) is 8.19. The lowest BCUT2D eigenvalue weighted by Gasteiger charge is -2.49. The summed E-state index contributed by atoms with van der Waals surface area (Å²) in [5.74, 6) is 0.213. The van der Waals surface area contributed by atoms with E-state index in [0.717, 1.165) is 44.1 Å². The van der Waals surface area contributed by atoms with Crippen molar-refractivity contribution < 1.29 is 5.11 Å². The molecule has 4 heteroatoms. The third-order valence-corrected chi connectivity index (χ3v) is 6.08. The minimum absolute atomic E-state index is 0.130. The summed E-state index contributed by atoms with van der Waals surface area (Å²) in [6.45, 7) is 0. The maximum Gasteiger partial charge on any atom is 0.0679 e. The van der Waals surface area contributed by atoms with Crippen LogP contribution >= 0.6 is 23.2 Å². The van der Waals surface area contributed by atoms with Gasteiger partial charge in [0, 0.05) is 17.4 Å². The van der Waals surface area contributed by atoms with Gasteiger partial charge in [-0.05, 0) is 43.4 Å². The maximum atomic E-state index is 10.9. The van der Waals surface area contributed by atoms with E-state index in [1.165, 1.54) is 0 Å². The molecule has 2 nitrogen and oxygen atoms in total. The molecule has 0 unspecified atom stereocenters. The molecule has 20 heavy (non-hydrogen) atoms. The molecule has 2 aliphatic carbocycles. The Morgan fingerprint density at radius 2 is 1.90 bits per heavy atom. The van der Waals surface area contributed by atoms with Crippen LogP contribution in [0.5, 0.6) is 0 Å². The highest BCUT2D eigenvalue weighted by molar-refractivity contribution is 6.42. The zero-order chi connectivity index (χ0) is 14.3. The molecule has 2 saturated carbocycles. The molecule has 1 aromatic carbocycles. The Labute approximate surface area is 130 Å². The van der Waals surface area contributed by atoms with Crippen LogP contribution in [0.4, 0.5) is 0 Å². The number of halogens is 2. The Bertz CT molecular complexity index is 501. The molecule has 0 radical (unpaired) electrons. The van der Waals surface area contributed by atoms with Crippen molar-refractivity contribution in [1.29, 1.82) is 0 Å². The van der Waals surface area contributed by atoms with E-state index in [-0.39, 0.29) is 23.5 Å². The van der Waals surface area contributed by atoms with Crippen molar-refractivity contribution in [2.24, 2.45) is 11.7 Å². The van der Waals surface area contributed by atoms with Gasteiger partial charge in [0.1, 0.15) is 0 Å². The SMILES string of the molecule is N[C@H]1CCC[C@H]1[C@@H](O)C1(c2ccc(Cl)c(Cl)c2)CCC1. The number of benzene rings is 1. The minimum Gasteiger partial charge on any atom is -0.392 e. The zero-order valence-corrected chi connectivity index (χ0v) is 13.0. The highest BCUT2D eigenvalue weighted by atomic mass is 35.5. The van der Waals surface area contributed by atoms with E-state index in [2.05, 4.69) is 0 Å². The average molecular weight is 314 g/mol. The van der Waals surface area contributed by atoms with Crippen LogP contribution in [0.15, 0.2) is 18.2 Å². The topological polar surface area (TPSA) is 46.2 Å². The molecular formula is C16H21Cl2NO. The maximum absolute atomic E-state index is 10.9. The Balaban J connectivity index is 1.92. The first kappa shape index (κ1) is 14.6. The largest absolute Gasteiger partial charge is 0.392 e. The minimum atomic E-state index is -0.369. The van der Waals surface area contributed by atoms with Gasteiger partial charge >= 0.3 is 0 Å². The van der Waals surface area contributed by atoms with E-state index in [0.29, 0.717) is 10.0 Å². The van der Waals surface area contributed by atoms with Crippen LogP contribution in [0.25, 0.3) is 0 Å². The van der Waals surface area contributed by atoms with Crippen molar-refractivity contribution >= 4 is 23.2 Å². The Kier molecular flexibility index (Phi) is 4.02. The Morgan fingerprint density at radius 3 is 2.40 bits per heavy atom. The van der Waals surface area contributed by atoms with E-state index >= 15 is 0 Å². The molecule has 2 aliphatic rings. The predicted molar refractivity (Wildman–Crippen MR) is 83.3 cm³/mol. The van der Waals surface area contributed by atoms with Crippen LogP contribution in [0.3, 0.4) is 0 Å². The standard InChI is InChI=1S/C16H21Cl2NO/c17-12-6-5-10(9-13(12)18)16(7-2-8-16)15(20)11-3-1-4-14(11)19/h5-6,9,11,14-15,20H,1-4,7-8,19H2/t11-,14+,15-/m1/s1. The van der Waals surface area contributed by atoms with Crippen LogP contribution < -0.4 is 5.73 Å². The molecule has 0 bridgehead atoms. The number of hydrogen-bond acceptors (Lipinski definition) is 2. The fourth-order valence-electron chi connectivity index (χ4n) is 3.94. The molecule has 0 aliphatic heterocycles. The third kappa shape index (κ3) is 2.27. The fourth-order valence-corrected chi connectivity index (χ4v) is 4.24. The van der Waals surface area contributed by atoms with E-state index < -0.39 is 0 Å². The number of nitrogens with two attached hydrogens (primary N) is 1. The lowest BCUT2D eigenvalue weighted by molar-refractivity contribution is -0.0165. The summed E-state index contributed by atoms with van der Waals surface area (Å²) in [7, 11) is 0. The molecular weight excluding hydrogens is 293 g/mol. The monoisotopic (exact) mass is 313 g/mol. The van der Waals surface area contributed by atoms with Crippen LogP contribution in [0.2, 0.25) is 10.0 Å². The van der Waals surface area contributed by atoms with Gasteiger partial charge < -0.3 is 10.8 Å². The van der Waals surface area contributed by atoms with Crippen molar-refractivity contribution in [2.45, 2.75) is 56.1 Å². The number of aliphatic hydroxyl groups is 1. The normalized spacial score (nSPS) is 30.0. The van der Waals surface area contributed by atoms with Crippen molar-refractivity contribution in [2.75, 3.05) is 0 Å². The number of hydrogen-bond donors (Lipinski definition) is 2. The second kappa shape index (κ2) is 5.49. The molecule has 3 N–H and O–H groups in total.